The van der Waals surface area contributed by atoms with Gasteiger partial charge in [-0.3, -0.25) is 14.3 Å². The van der Waals surface area contributed by atoms with E-state index in [1.54, 1.807) is 21.7 Å². The monoisotopic (exact) mass is 450 g/mol. The number of hydrogen-bond acceptors (Lipinski definition) is 5. The van der Waals surface area contributed by atoms with Crippen LogP contribution in [0.25, 0.3) is 22.2 Å². The Morgan fingerprint density at radius 3 is 2.85 bits per heavy atom. The molecule has 0 radical (unpaired) electrons. The number of hydrogen-bond donors (Lipinski definition) is 2. The molecule has 0 saturated carbocycles. The minimum Gasteiger partial charge on any atom is -0.382 e. The van der Waals surface area contributed by atoms with Crippen molar-refractivity contribution >= 4 is 28.3 Å². The van der Waals surface area contributed by atoms with E-state index in [0.29, 0.717) is 41.8 Å². The molecule has 168 valence electrons. The molecule has 1 amide bonds. The molecule has 0 fully saturated rings. The van der Waals surface area contributed by atoms with Crippen LogP contribution in [0, 0.1) is 11.6 Å². The minimum absolute atomic E-state index is 0.0230. The van der Waals surface area contributed by atoms with Crippen molar-refractivity contribution in [1.82, 2.24) is 20.0 Å². The number of anilines is 2. The number of nitrogen functional groups attached to an aromatic ring is 1. The molecule has 0 saturated heterocycles. The topological polar surface area (TPSA) is 110 Å². The average Bonchev–Trinajstić information content (AvgIpc) is 3.41. The summed E-state index contributed by atoms with van der Waals surface area (Å²) in [6.45, 7) is 2.79. The minimum atomic E-state index is -1.000. The summed E-state index contributed by atoms with van der Waals surface area (Å²) in [7, 11) is 0. The quantitative estimate of drug-likeness (QED) is 0.497. The van der Waals surface area contributed by atoms with Gasteiger partial charge in [-0.15, -0.1) is 0 Å². The van der Waals surface area contributed by atoms with Gasteiger partial charge < -0.3 is 10.6 Å². The van der Waals surface area contributed by atoms with Crippen LogP contribution in [-0.2, 0) is 24.2 Å². The molecule has 0 atom stereocenters. The lowest BCUT2D eigenvalue weighted by molar-refractivity contribution is -0.117. The van der Waals surface area contributed by atoms with Crippen LogP contribution in [0.2, 0.25) is 0 Å². The van der Waals surface area contributed by atoms with Gasteiger partial charge in [-0.05, 0) is 37.1 Å². The zero-order chi connectivity index (χ0) is 23.3. The van der Waals surface area contributed by atoms with Gasteiger partial charge >= 0.3 is 0 Å². The van der Waals surface area contributed by atoms with Crippen molar-refractivity contribution < 1.29 is 13.6 Å². The zero-order valence-corrected chi connectivity index (χ0v) is 17.7. The molecule has 33 heavy (non-hydrogen) atoms. The first-order valence-electron chi connectivity index (χ1n) is 10.5. The van der Waals surface area contributed by atoms with Crippen LogP contribution in [0.4, 0.5) is 20.3 Å². The summed E-state index contributed by atoms with van der Waals surface area (Å²) in [4.78, 5) is 26.8. The number of aromatic amines is 1. The summed E-state index contributed by atoms with van der Waals surface area (Å²) in [5.74, 6) is -2.11. The van der Waals surface area contributed by atoms with Crippen molar-refractivity contribution in [3.05, 3.63) is 69.5 Å². The second-order valence-electron chi connectivity index (χ2n) is 7.85. The summed E-state index contributed by atoms with van der Waals surface area (Å²) in [5, 5.41) is 11.3. The lowest BCUT2D eigenvalue weighted by Gasteiger charge is -2.18. The first-order chi connectivity index (χ1) is 15.9. The summed E-state index contributed by atoms with van der Waals surface area (Å²) in [6.07, 6.45) is 0.364. The van der Waals surface area contributed by atoms with Crippen LogP contribution in [-0.4, -0.2) is 32.4 Å². The van der Waals surface area contributed by atoms with E-state index in [1.807, 2.05) is 13.0 Å². The molecule has 1 aliphatic heterocycles. The van der Waals surface area contributed by atoms with Crippen LogP contribution >= 0.6 is 0 Å². The van der Waals surface area contributed by atoms with E-state index in [-0.39, 0.29) is 29.3 Å². The highest BCUT2D eigenvalue weighted by atomic mass is 19.2. The maximum Gasteiger partial charge on any atom is 0.290 e. The number of aryl methyl sites for hydroxylation is 1. The third-order valence-corrected chi connectivity index (χ3v) is 5.92. The molecule has 1 aliphatic rings. The smallest absolute Gasteiger partial charge is 0.290 e. The molecule has 0 unspecified atom stereocenters. The average molecular weight is 450 g/mol. The number of rotatable bonds is 4. The van der Waals surface area contributed by atoms with Crippen molar-refractivity contribution in [2.75, 3.05) is 17.2 Å². The van der Waals surface area contributed by atoms with E-state index in [2.05, 4.69) is 15.3 Å². The number of fused-ring (bicyclic) bond motifs is 2. The third-order valence-electron chi connectivity index (χ3n) is 5.92. The lowest BCUT2D eigenvalue weighted by Crippen LogP contribution is -2.30. The molecule has 3 heterocycles. The maximum absolute atomic E-state index is 14.0. The van der Waals surface area contributed by atoms with Gasteiger partial charge in [0.2, 0.25) is 5.91 Å². The fraction of sp³-hybridized carbons (Fsp3) is 0.217. The SMILES string of the molecule is CCn1nc(-c2ccc3c(c2)CCN3C(=O)Cc2cccc(F)c2F)c2c(N)n[nH]c(=O)c21. The Morgan fingerprint density at radius 2 is 2.06 bits per heavy atom. The number of amides is 1. The molecule has 8 nitrogen and oxygen atoms in total. The summed E-state index contributed by atoms with van der Waals surface area (Å²) in [5.41, 5.74) is 8.97. The number of H-pyrrole nitrogens is 1. The summed E-state index contributed by atoms with van der Waals surface area (Å²) < 4.78 is 29.1. The van der Waals surface area contributed by atoms with Crippen LogP contribution in [0.15, 0.2) is 41.2 Å². The molecule has 2 aromatic heterocycles. The van der Waals surface area contributed by atoms with Crippen molar-refractivity contribution in [2.45, 2.75) is 26.3 Å². The molecule has 2 aromatic carbocycles. The number of halogens is 2. The van der Waals surface area contributed by atoms with Gasteiger partial charge in [-0.1, -0.05) is 18.2 Å². The zero-order valence-electron chi connectivity index (χ0n) is 17.7. The maximum atomic E-state index is 14.0. The molecule has 0 bridgehead atoms. The summed E-state index contributed by atoms with van der Waals surface area (Å²) >= 11 is 0. The number of carbonyl (C=O) groups is 1. The first-order valence-corrected chi connectivity index (χ1v) is 10.5. The van der Waals surface area contributed by atoms with Gasteiger partial charge in [0.05, 0.1) is 11.8 Å². The van der Waals surface area contributed by atoms with Crippen LogP contribution in [0.1, 0.15) is 18.1 Å². The van der Waals surface area contributed by atoms with Crippen molar-refractivity contribution in [2.24, 2.45) is 0 Å². The van der Waals surface area contributed by atoms with Gasteiger partial charge in [0.1, 0.15) is 11.2 Å². The van der Waals surface area contributed by atoms with Crippen LogP contribution < -0.4 is 16.2 Å². The fourth-order valence-corrected chi connectivity index (χ4v) is 4.34. The highest BCUT2D eigenvalue weighted by Crippen LogP contribution is 2.35. The highest BCUT2D eigenvalue weighted by Gasteiger charge is 2.27. The van der Waals surface area contributed by atoms with Crippen LogP contribution in [0.3, 0.4) is 0 Å². The van der Waals surface area contributed by atoms with Gasteiger partial charge in [0.15, 0.2) is 17.5 Å². The van der Waals surface area contributed by atoms with Gasteiger partial charge in [-0.25, -0.2) is 13.9 Å². The Labute approximate surface area is 186 Å². The molecule has 5 rings (SSSR count). The lowest BCUT2D eigenvalue weighted by atomic mass is 10.0. The van der Waals surface area contributed by atoms with E-state index in [1.165, 1.54) is 12.1 Å². The molecule has 0 spiro atoms. The highest BCUT2D eigenvalue weighted by molar-refractivity contribution is 6.01. The van der Waals surface area contributed by atoms with Gasteiger partial charge in [-0.2, -0.15) is 10.2 Å². The Kier molecular flexibility index (Phi) is 4.92. The second-order valence-corrected chi connectivity index (χ2v) is 7.85. The number of benzene rings is 2. The number of nitrogens with one attached hydrogen (secondary N) is 1. The molecule has 0 aliphatic carbocycles. The molecule has 4 aromatic rings. The molecule has 10 heteroatoms. The van der Waals surface area contributed by atoms with Crippen LogP contribution in [0.5, 0.6) is 0 Å². The number of carbonyl (C=O) groups excluding carboxylic acids is 1. The molecular formula is C23H20F2N6O2. The van der Waals surface area contributed by atoms with Gasteiger partial charge in [0, 0.05) is 29.9 Å². The van der Waals surface area contributed by atoms with E-state index < -0.39 is 11.6 Å². The largest absolute Gasteiger partial charge is 0.382 e. The molecular weight excluding hydrogens is 430 g/mol. The predicted molar refractivity (Wildman–Crippen MR) is 120 cm³/mol. The second kappa shape index (κ2) is 7.80. The Balaban J connectivity index is 1.50. The van der Waals surface area contributed by atoms with Crippen molar-refractivity contribution in [3.63, 3.8) is 0 Å². The third kappa shape index (κ3) is 3.34. The fourth-order valence-electron chi connectivity index (χ4n) is 4.34. The first kappa shape index (κ1) is 20.8. The van der Waals surface area contributed by atoms with E-state index in [9.17, 15) is 18.4 Å². The van der Waals surface area contributed by atoms with E-state index in [4.69, 9.17) is 5.73 Å². The van der Waals surface area contributed by atoms with Crippen molar-refractivity contribution in [3.8, 4) is 11.3 Å². The van der Waals surface area contributed by atoms with Gasteiger partial charge in [0.25, 0.3) is 5.56 Å². The number of nitrogens with two attached hydrogens (primary N) is 1. The Morgan fingerprint density at radius 1 is 1.24 bits per heavy atom. The standard InChI is InChI=1S/C23H20F2N6O2/c1-2-31-21-18(22(26)27-28-23(21)33)20(29-31)14-6-7-16-12(10-14)8-9-30(16)17(32)11-13-4-3-5-15(24)19(13)25/h3-7,10H,2,8-9,11H2,1H3,(H2,26,27)(H,28,33). The number of aromatic nitrogens is 4. The predicted octanol–water partition coefficient (Wildman–Crippen LogP) is 2.80. The summed E-state index contributed by atoms with van der Waals surface area (Å²) in [6, 6.07) is 9.33. The normalized spacial score (nSPS) is 13.0. The Bertz CT molecular complexity index is 1480. The van der Waals surface area contributed by atoms with Crippen molar-refractivity contribution in [1.29, 1.82) is 0 Å². The van der Waals surface area contributed by atoms with E-state index in [0.717, 1.165) is 17.2 Å². The Hall–Kier alpha value is -4.08. The number of nitrogens with zero attached hydrogens (tertiary/aromatic N) is 4. The molecule has 3 N–H and O–H groups in total. The van der Waals surface area contributed by atoms with E-state index >= 15 is 0 Å².